The Hall–Kier alpha value is -0.990. The lowest BCUT2D eigenvalue weighted by molar-refractivity contribution is -0.0714. The minimum absolute atomic E-state index is 0.0280. The summed E-state index contributed by atoms with van der Waals surface area (Å²) in [6, 6.07) is 0. The molecule has 2 unspecified atom stereocenters. The van der Waals surface area contributed by atoms with Gasteiger partial charge in [0.25, 0.3) is 5.92 Å². The molecule has 0 aromatic rings. The fourth-order valence-corrected chi connectivity index (χ4v) is 3.84. The zero-order valence-corrected chi connectivity index (χ0v) is 10.9. The van der Waals surface area contributed by atoms with Gasteiger partial charge in [0.15, 0.2) is 0 Å². The first-order valence-corrected chi connectivity index (χ1v) is 6.74. The van der Waals surface area contributed by atoms with E-state index in [1.54, 1.807) is 20.0 Å². The molecule has 0 radical (unpaired) electrons. The first-order valence-electron chi connectivity index (χ1n) is 6.74. The van der Waals surface area contributed by atoms with Gasteiger partial charge in [-0.25, -0.2) is 8.78 Å². The Kier molecular flexibility index (Phi) is 2.51. The molecule has 2 atom stereocenters. The van der Waals surface area contributed by atoms with Crippen LogP contribution in [0.4, 0.5) is 8.78 Å². The Morgan fingerprint density at radius 3 is 2.72 bits per heavy atom. The van der Waals surface area contributed by atoms with Gasteiger partial charge in [0.05, 0.1) is 5.41 Å². The summed E-state index contributed by atoms with van der Waals surface area (Å²) < 4.78 is 28.4. The van der Waals surface area contributed by atoms with Crippen LogP contribution in [0.2, 0.25) is 0 Å². The summed E-state index contributed by atoms with van der Waals surface area (Å²) in [5, 5.41) is 0. The van der Waals surface area contributed by atoms with Crippen molar-refractivity contribution in [2.24, 2.45) is 22.2 Å². The molecule has 0 aromatic heterocycles. The molecule has 0 saturated heterocycles. The van der Waals surface area contributed by atoms with Crippen molar-refractivity contribution in [3.05, 3.63) is 23.4 Å². The minimum Gasteiger partial charge on any atom is -0.269 e. The molecule has 0 bridgehead atoms. The zero-order chi connectivity index (χ0) is 13.0. The summed E-state index contributed by atoms with van der Waals surface area (Å²) in [4.78, 5) is 4.17. The number of alkyl halides is 2. The van der Waals surface area contributed by atoms with Crippen LogP contribution < -0.4 is 0 Å². The normalized spacial score (nSPS) is 36.2. The first-order chi connectivity index (χ1) is 8.43. The topological polar surface area (TPSA) is 12.4 Å². The van der Waals surface area contributed by atoms with Crippen LogP contribution in [0.1, 0.15) is 39.5 Å². The maximum absolute atomic E-state index is 14.2. The van der Waals surface area contributed by atoms with Crippen molar-refractivity contribution in [2.45, 2.75) is 45.5 Å². The van der Waals surface area contributed by atoms with E-state index in [0.717, 1.165) is 30.4 Å². The van der Waals surface area contributed by atoms with Gasteiger partial charge >= 0.3 is 0 Å². The third-order valence-corrected chi connectivity index (χ3v) is 4.95. The van der Waals surface area contributed by atoms with Crippen LogP contribution in [0.15, 0.2) is 28.4 Å². The summed E-state index contributed by atoms with van der Waals surface area (Å²) >= 11 is 0. The Morgan fingerprint density at radius 1 is 1.22 bits per heavy atom. The van der Waals surface area contributed by atoms with E-state index < -0.39 is 11.3 Å². The van der Waals surface area contributed by atoms with Crippen LogP contribution in [0.5, 0.6) is 0 Å². The average molecular weight is 251 g/mol. The second-order valence-corrected chi connectivity index (χ2v) is 6.26. The van der Waals surface area contributed by atoms with Crippen molar-refractivity contribution in [3.8, 4) is 0 Å². The van der Waals surface area contributed by atoms with Gasteiger partial charge in [-0.1, -0.05) is 19.4 Å². The van der Waals surface area contributed by atoms with Crippen LogP contribution in [0.25, 0.3) is 0 Å². The van der Waals surface area contributed by atoms with E-state index in [1.165, 1.54) is 0 Å². The van der Waals surface area contributed by atoms with Crippen molar-refractivity contribution in [1.82, 2.24) is 0 Å². The molecule has 1 fully saturated rings. The molecule has 1 aliphatic heterocycles. The smallest absolute Gasteiger partial charge is 0.257 e. The average Bonchev–Trinajstić information content (AvgIpc) is 2.48. The minimum atomic E-state index is -2.57. The van der Waals surface area contributed by atoms with Crippen molar-refractivity contribution >= 4 is 6.21 Å². The van der Waals surface area contributed by atoms with Crippen LogP contribution in [0.3, 0.4) is 0 Å². The van der Waals surface area contributed by atoms with Gasteiger partial charge in [0.1, 0.15) is 0 Å². The molecule has 3 rings (SSSR count). The molecule has 98 valence electrons. The van der Waals surface area contributed by atoms with Crippen molar-refractivity contribution in [3.63, 3.8) is 0 Å². The monoisotopic (exact) mass is 251 g/mol. The van der Waals surface area contributed by atoms with Crippen LogP contribution in [-0.2, 0) is 0 Å². The maximum Gasteiger partial charge on any atom is 0.257 e. The van der Waals surface area contributed by atoms with E-state index >= 15 is 0 Å². The Balaban J connectivity index is 2.14. The van der Waals surface area contributed by atoms with Crippen LogP contribution in [-0.4, -0.2) is 12.1 Å². The molecule has 0 aromatic carbocycles. The number of halogens is 2. The third-order valence-electron chi connectivity index (χ3n) is 4.95. The molecule has 1 saturated carbocycles. The van der Waals surface area contributed by atoms with Crippen LogP contribution >= 0.6 is 0 Å². The van der Waals surface area contributed by atoms with Crippen molar-refractivity contribution < 1.29 is 8.78 Å². The molecular weight excluding hydrogens is 232 g/mol. The highest BCUT2D eigenvalue weighted by Crippen LogP contribution is 2.61. The zero-order valence-electron chi connectivity index (χ0n) is 10.9. The number of hydrogen-bond acceptors (Lipinski definition) is 1. The molecule has 1 nitrogen and oxygen atoms in total. The van der Waals surface area contributed by atoms with E-state index in [0.29, 0.717) is 5.92 Å². The summed E-state index contributed by atoms with van der Waals surface area (Å²) in [7, 11) is 0. The lowest BCUT2D eigenvalue weighted by Gasteiger charge is -2.34. The van der Waals surface area contributed by atoms with Crippen LogP contribution in [0, 0.1) is 17.3 Å². The van der Waals surface area contributed by atoms with Gasteiger partial charge in [0.2, 0.25) is 0 Å². The number of nitrogens with zero attached hydrogens (tertiary/aromatic N) is 1. The molecule has 1 heterocycles. The van der Waals surface area contributed by atoms with Crippen molar-refractivity contribution in [2.75, 3.05) is 0 Å². The first kappa shape index (κ1) is 12.1. The molecular formula is C15H19F2N. The van der Waals surface area contributed by atoms with Gasteiger partial charge < -0.3 is 0 Å². The standard InChI is InChI=1S/C15H19F2N/c1-14(2)13-11(9-15(14,16)17)4-3-10-5-7-18-8-6-12(10)13/h6-8,10-11H,3-5,9H2,1-2H3. The Morgan fingerprint density at radius 2 is 1.94 bits per heavy atom. The fourth-order valence-electron chi connectivity index (χ4n) is 3.84. The van der Waals surface area contributed by atoms with Gasteiger partial charge in [-0.05, 0) is 42.7 Å². The second kappa shape index (κ2) is 3.75. The summed E-state index contributed by atoms with van der Waals surface area (Å²) in [5.74, 6) is -2.11. The van der Waals surface area contributed by atoms with Gasteiger partial charge in [-0.15, -0.1) is 0 Å². The summed E-state index contributed by atoms with van der Waals surface area (Å²) in [6.45, 7) is 3.41. The molecule has 3 aliphatic rings. The second-order valence-electron chi connectivity index (χ2n) is 6.26. The number of hydrogen-bond donors (Lipinski definition) is 0. The van der Waals surface area contributed by atoms with Crippen molar-refractivity contribution in [1.29, 1.82) is 0 Å². The third kappa shape index (κ3) is 1.52. The maximum atomic E-state index is 14.2. The lowest BCUT2D eigenvalue weighted by atomic mass is 9.71. The summed E-state index contributed by atoms with van der Waals surface area (Å²) in [6.07, 6.45) is 8.49. The molecule has 0 N–H and O–H groups in total. The molecule has 18 heavy (non-hydrogen) atoms. The largest absolute Gasteiger partial charge is 0.269 e. The summed E-state index contributed by atoms with van der Waals surface area (Å²) in [5.41, 5.74) is 1.15. The number of fused-ring (bicyclic) bond motifs is 2. The number of aliphatic imine (C=N–C) groups is 1. The Bertz CT molecular complexity index is 457. The quantitative estimate of drug-likeness (QED) is 0.606. The molecule has 0 spiro atoms. The van der Waals surface area contributed by atoms with Gasteiger partial charge in [-0.3, -0.25) is 4.99 Å². The van der Waals surface area contributed by atoms with E-state index in [-0.39, 0.29) is 12.3 Å². The Labute approximate surface area is 107 Å². The highest BCUT2D eigenvalue weighted by Gasteiger charge is 2.59. The highest BCUT2D eigenvalue weighted by atomic mass is 19.3. The predicted octanol–water partition coefficient (Wildman–Crippen LogP) is 4.36. The molecule has 2 aliphatic carbocycles. The lowest BCUT2D eigenvalue weighted by Crippen LogP contribution is -2.32. The predicted molar refractivity (Wildman–Crippen MR) is 68.8 cm³/mol. The van der Waals surface area contributed by atoms with E-state index in [4.69, 9.17) is 0 Å². The van der Waals surface area contributed by atoms with Gasteiger partial charge in [0, 0.05) is 18.8 Å². The fraction of sp³-hybridized carbons (Fsp3) is 0.667. The van der Waals surface area contributed by atoms with E-state index in [2.05, 4.69) is 4.99 Å². The SMILES string of the molecule is CC1(C)C2=C3C=CN=CCC3CCC2CC1(F)F. The van der Waals surface area contributed by atoms with E-state index in [1.807, 2.05) is 12.3 Å². The molecule has 0 amide bonds. The molecule has 3 heteroatoms. The highest BCUT2D eigenvalue weighted by molar-refractivity contribution is 5.61. The van der Waals surface area contributed by atoms with Gasteiger partial charge in [-0.2, -0.15) is 0 Å². The number of allylic oxidation sites excluding steroid dienone is 3. The number of rotatable bonds is 0. The van der Waals surface area contributed by atoms with E-state index in [9.17, 15) is 8.78 Å².